The quantitative estimate of drug-likeness (QED) is 0.526. The summed E-state index contributed by atoms with van der Waals surface area (Å²) in [4.78, 5) is 38.1. The first-order valence-electron chi connectivity index (χ1n) is 11.6. The molecular formula is C26H31N3O5. The molecule has 1 atom stereocenters. The number of alkyl carbamates (subject to hydrolysis) is 1. The largest absolute Gasteiger partial charge is 0.480 e. The number of carbonyl (C=O) groups excluding carboxylic acids is 2. The topological polar surface area (TPSA) is 108 Å². The molecule has 0 aliphatic heterocycles. The van der Waals surface area contributed by atoms with Crippen molar-refractivity contribution in [3.05, 3.63) is 59.7 Å². The molecule has 0 bridgehead atoms. The summed E-state index contributed by atoms with van der Waals surface area (Å²) < 4.78 is 5.56. The van der Waals surface area contributed by atoms with Gasteiger partial charge in [0, 0.05) is 24.4 Å². The van der Waals surface area contributed by atoms with Crippen LogP contribution < -0.4 is 10.6 Å². The molecule has 8 nitrogen and oxygen atoms in total. The first-order chi connectivity index (χ1) is 16.3. The van der Waals surface area contributed by atoms with Crippen LogP contribution in [0.4, 0.5) is 4.79 Å². The van der Waals surface area contributed by atoms with E-state index >= 15 is 0 Å². The average Bonchev–Trinajstić information content (AvgIpc) is 3.10. The second-order valence-electron chi connectivity index (χ2n) is 9.33. The molecule has 2 aliphatic carbocycles. The molecule has 2 aliphatic rings. The lowest BCUT2D eigenvalue weighted by atomic mass is 9.79. The summed E-state index contributed by atoms with van der Waals surface area (Å²) in [6, 6.07) is 15.2. The van der Waals surface area contributed by atoms with E-state index in [0.717, 1.165) is 11.1 Å². The molecule has 4 rings (SSSR count). The maximum absolute atomic E-state index is 12.4. The summed E-state index contributed by atoms with van der Waals surface area (Å²) in [5.74, 6) is -1.63. The highest BCUT2D eigenvalue weighted by Crippen LogP contribution is 2.44. The summed E-state index contributed by atoms with van der Waals surface area (Å²) in [6.07, 6.45) is 0.772. The van der Waals surface area contributed by atoms with E-state index in [9.17, 15) is 19.5 Å². The van der Waals surface area contributed by atoms with Crippen molar-refractivity contribution in [2.24, 2.45) is 5.92 Å². The van der Waals surface area contributed by atoms with E-state index in [1.54, 1.807) is 0 Å². The number of carboxylic acids is 1. The number of rotatable bonds is 9. The summed E-state index contributed by atoms with van der Waals surface area (Å²) in [5, 5.41) is 14.8. The highest BCUT2D eigenvalue weighted by Gasteiger charge is 2.37. The van der Waals surface area contributed by atoms with Gasteiger partial charge in [-0.2, -0.15) is 0 Å². The summed E-state index contributed by atoms with van der Waals surface area (Å²) in [6.45, 7) is 0.802. The predicted molar refractivity (Wildman–Crippen MR) is 127 cm³/mol. The molecule has 0 radical (unpaired) electrons. The zero-order chi connectivity index (χ0) is 24.2. The number of ether oxygens (including phenoxy) is 1. The number of fused-ring (bicyclic) bond motifs is 3. The van der Waals surface area contributed by atoms with Gasteiger partial charge >= 0.3 is 12.1 Å². The molecule has 0 saturated heterocycles. The molecule has 0 aromatic heterocycles. The van der Waals surface area contributed by atoms with Crippen molar-refractivity contribution in [3.8, 4) is 11.1 Å². The van der Waals surface area contributed by atoms with Crippen molar-refractivity contribution in [2.75, 3.05) is 27.2 Å². The number of hydrogen-bond acceptors (Lipinski definition) is 5. The Balaban J connectivity index is 1.24. The Bertz CT molecular complexity index is 1020. The Hall–Kier alpha value is -3.39. The Morgan fingerprint density at radius 3 is 2.18 bits per heavy atom. The van der Waals surface area contributed by atoms with Crippen LogP contribution in [0.25, 0.3) is 11.1 Å². The third kappa shape index (κ3) is 5.22. The number of hydrogen-bond donors (Lipinski definition) is 3. The number of aliphatic carboxylic acids is 1. The van der Waals surface area contributed by atoms with Crippen LogP contribution in [0.2, 0.25) is 0 Å². The van der Waals surface area contributed by atoms with Crippen LogP contribution in [0.5, 0.6) is 0 Å². The van der Waals surface area contributed by atoms with E-state index in [1.165, 1.54) is 11.1 Å². The maximum atomic E-state index is 12.4. The van der Waals surface area contributed by atoms with Gasteiger partial charge in [-0.1, -0.05) is 48.5 Å². The maximum Gasteiger partial charge on any atom is 0.407 e. The fraction of sp³-hybridized carbons (Fsp3) is 0.423. The number of carbonyl (C=O) groups is 3. The SMILES string of the molecule is CN(C)CCC(NC(=O)C1CC(NC(=O)OCC2c3ccccc3-c3ccccc32)C1)C(=O)O. The summed E-state index contributed by atoms with van der Waals surface area (Å²) in [5.41, 5.74) is 4.65. The molecule has 0 spiro atoms. The standard InChI is InChI=1S/C26H31N3O5/c1-29(2)12-11-23(25(31)32)28-24(30)16-13-17(14-16)27-26(33)34-15-22-20-9-5-3-7-18(20)19-8-4-6-10-21(19)22/h3-10,16-17,22-23H,11-15H2,1-2H3,(H,27,33)(H,28,30)(H,31,32). The average molecular weight is 466 g/mol. The van der Waals surface area contributed by atoms with Crippen LogP contribution in [0.1, 0.15) is 36.3 Å². The van der Waals surface area contributed by atoms with Gasteiger partial charge in [-0.3, -0.25) is 4.79 Å². The van der Waals surface area contributed by atoms with Gasteiger partial charge in [-0.05, 0) is 55.6 Å². The smallest absolute Gasteiger partial charge is 0.407 e. The van der Waals surface area contributed by atoms with Crippen molar-refractivity contribution >= 4 is 18.0 Å². The van der Waals surface area contributed by atoms with Gasteiger partial charge in [0.25, 0.3) is 0 Å². The van der Waals surface area contributed by atoms with Crippen molar-refractivity contribution in [1.82, 2.24) is 15.5 Å². The molecule has 180 valence electrons. The van der Waals surface area contributed by atoms with Gasteiger partial charge < -0.3 is 25.4 Å². The zero-order valence-corrected chi connectivity index (χ0v) is 19.5. The normalized spacial score (nSPS) is 19.5. The Morgan fingerprint density at radius 2 is 1.62 bits per heavy atom. The molecule has 0 heterocycles. The highest BCUT2D eigenvalue weighted by molar-refractivity contribution is 5.86. The lowest BCUT2D eigenvalue weighted by molar-refractivity contribution is -0.143. The van der Waals surface area contributed by atoms with Crippen LogP contribution in [-0.2, 0) is 14.3 Å². The van der Waals surface area contributed by atoms with Gasteiger partial charge in [-0.15, -0.1) is 0 Å². The van der Waals surface area contributed by atoms with Crippen LogP contribution in [0.15, 0.2) is 48.5 Å². The fourth-order valence-electron chi connectivity index (χ4n) is 4.69. The van der Waals surface area contributed by atoms with E-state index in [2.05, 4.69) is 34.9 Å². The van der Waals surface area contributed by atoms with Crippen molar-refractivity contribution in [1.29, 1.82) is 0 Å². The van der Waals surface area contributed by atoms with Gasteiger partial charge in [-0.25, -0.2) is 9.59 Å². The van der Waals surface area contributed by atoms with Crippen LogP contribution >= 0.6 is 0 Å². The first kappa shape index (κ1) is 23.8. The molecule has 1 unspecified atom stereocenters. The first-order valence-corrected chi connectivity index (χ1v) is 11.6. The summed E-state index contributed by atoms with van der Waals surface area (Å²) in [7, 11) is 3.71. The van der Waals surface area contributed by atoms with Crippen molar-refractivity contribution < 1.29 is 24.2 Å². The molecule has 2 amide bonds. The van der Waals surface area contributed by atoms with Gasteiger partial charge in [0.15, 0.2) is 0 Å². The number of carboxylic acid groups (broad SMARTS) is 1. The third-order valence-corrected chi connectivity index (χ3v) is 6.65. The lowest BCUT2D eigenvalue weighted by Gasteiger charge is -2.35. The van der Waals surface area contributed by atoms with E-state index < -0.39 is 18.1 Å². The molecule has 1 fully saturated rings. The van der Waals surface area contributed by atoms with E-state index in [-0.39, 0.29) is 30.4 Å². The highest BCUT2D eigenvalue weighted by atomic mass is 16.5. The molecule has 2 aromatic rings. The van der Waals surface area contributed by atoms with Gasteiger partial charge in [0.2, 0.25) is 5.91 Å². The lowest BCUT2D eigenvalue weighted by Crippen LogP contribution is -2.52. The van der Waals surface area contributed by atoms with Crippen LogP contribution in [0.3, 0.4) is 0 Å². The molecule has 34 heavy (non-hydrogen) atoms. The second-order valence-corrected chi connectivity index (χ2v) is 9.33. The van der Waals surface area contributed by atoms with Crippen LogP contribution in [0, 0.1) is 5.92 Å². The predicted octanol–water partition coefficient (Wildman–Crippen LogP) is 2.82. The van der Waals surface area contributed by atoms with E-state index in [0.29, 0.717) is 25.8 Å². The van der Waals surface area contributed by atoms with Gasteiger partial charge in [0.05, 0.1) is 0 Å². The fourth-order valence-corrected chi connectivity index (χ4v) is 4.69. The van der Waals surface area contributed by atoms with Crippen molar-refractivity contribution in [2.45, 2.75) is 37.3 Å². The zero-order valence-electron chi connectivity index (χ0n) is 19.5. The third-order valence-electron chi connectivity index (χ3n) is 6.65. The summed E-state index contributed by atoms with van der Waals surface area (Å²) >= 11 is 0. The number of nitrogens with zero attached hydrogens (tertiary/aromatic N) is 1. The van der Waals surface area contributed by atoms with E-state index in [1.807, 2.05) is 43.3 Å². The Morgan fingerprint density at radius 1 is 1.03 bits per heavy atom. The minimum Gasteiger partial charge on any atom is -0.480 e. The molecular weight excluding hydrogens is 434 g/mol. The van der Waals surface area contributed by atoms with Gasteiger partial charge in [0.1, 0.15) is 12.6 Å². The molecule has 3 N–H and O–H groups in total. The molecule has 2 aromatic carbocycles. The molecule has 8 heteroatoms. The van der Waals surface area contributed by atoms with E-state index in [4.69, 9.17) is 4.74 Å². The molecule has 1 saturated carbocycles. The Kier molecular flexibility index (Phi) is 7.17. The number of amides is 2. The Labute approximate surface area is 199 Å². The number of nitrogens with one attached hydrogen (secondary N) is 2. The number of benzene rings is 2. The minimum absolute atomic E-state index is 0.00631. The minimum atomic E-state index is -1.04. The monoisotopic (exact) mass is 465 g/mol. The van der Waals surface area contributed by atoms with Crippen molar-refractivity contribution in [3.63, 3.8) is 0 Å². The van der Waals surface area contributed by atoms with Crippen LogP contribution in [-0.4, -0.2) is 67.3 Å². The second kappa shape index (κ2) is 10.3.